The number of likely N-dealkylation sites (N-methyl/N-ethyl adjacent to an activating group) is 1. The highest BCUT2D eigenvalue weighted by molar-refractivity contribution is 6.14. The van der Waals surface area contributed by atoms with Gasteiger partial charge >= 0.3 is 12.0 Å². The molecule has 1 unspecified atom stereocenters. The molecule has 28 heavy (non-hydrogen) atoms. The van der Waals surface area contributed by atoms with Crippen LogP contribution in [0.25, 0.3) is 0 Å². The predicted octanol–water partition coefficient (Wildman–Crippen LogP) is 2.40. The molecule has 0 aromatic heterocycles. The van der Waals surface area contributed by atoms with Gasteiger partial charge < -0.3 is 9.22 Å². The minimum absolute atomic E-state index is 0.140. The predicted molar refractivity (Wildman–Crippen MR) is 104 cm³/mol. The molecule has 0 saturated carbocycles. The lowest BCUT2D eigenvalue weighted by molar-refractivity contribution is -0.862. The zero-order valence-electron chi connectivity index (χ0n) is 16.2. The van der Waals surface area contributed by atoms with Crippen molar-refractivity contribution in [3.8, 4) is 0 Å². The smallest absolute Gasteiger partial charge is 0.363 e. The number of rotatable bonds is 6. The Morgan fingerprint density at radius 1 is 0.964 bits per heavy atom. The molecule has 1 aliphatic heterocycles. The number of ether oxygens (including phenoxy) is 1. The fourth-order valence-electron chi connectivity index (χ4n) is 3.06. The van der Waals surface area contributed by atoms with Crippen LogP contribution < -0.4 is 4.90 Å². The molecule has 7 nitrogen and oxygen atoms in total. The lowest BCUT2D eigenvalue weighted by Gasteiger charge is -2.23. The van der Waals surface area contributed by atoms with Gasteiger partial charge in [-0.1, -0.05) is 48.5 Å². The Bertz CT molecular complexity index is 805. The van der Waals surface area contributed by atoms with E-state index in [4.69, 9.17) is 4.74 Å². The van der Waals surface area contributed by atoms with Crippen molar-refractivity contribution in [2.75, 3.05) is 39.3 Å². The highest BCUT2D eigenvalue weighted by Gasteiger charge is 2.47. The van der Waals surface area contributed by atoms with E-state index in [0.717, 1.165) is 4.90 Å². The normalized spacial score (nSPS) is 17.2. The molecule has 146 valence electrons. The Labute approximate surface area is 164 Å². The zero-order valence-corrected chi connectivity index (χ0v) is 16.2. The van der Waals surface area contributed by atoms with E-state index >= 15 is 0 Å². The first-order chi connectivity index (χ1) is 13.3. The molecule has 2 aromatic rings. The van der Waals surface area contributed by atoms with Crippen molar-refractivity contribution >= 4 is 23.6 Å². The zero-order chi connectivity index (χ0) is 20.3. The van der Waals surface area contributed by atoms with E-state index in [1.54, 1.807) is 36.4 Å². The Balaban J connectivity index is 1.86. The minimum atomic E-state index is -0.798. The number of hydrogen-bond donors (Lipinski definition) is 0. The van der Waals surface area contributed by atoms with E-state index in [0.29, 0.717) is 15.7 Å². The van der Waals surface area contributed by atoms with Crippen LogP contribution in [0.15, 0.2) is 60.7 Å². The van der Waals surface area contributed by atoms with Crippen LogP contribution in [0.4, 0.5) is 10.5 Å². The summed E-state index contributed by atoms with van der Waals surface area (Å²) >= 11 is 0. The van der Waals surface area contributed by atoms with Gasteiger partial charge in [-0.25, -0.2) is 14.5 Å². The van der Waals surface area contributed by atoms with E-state index in [9.17, 15) is 14.4 Å². The van der Waals surface area contributed by atoms with Gasteiger partial charge in [0, 0.05) is 5.69 Å². The third-order valence-corrected chi connectivity index (χ3v) is 4.30. The summed E-state index contributed by atoms with van der Waals surface area (Å²) in [7, 11) is 5.57. The van der Waals surface area contributed by atoms with Gasteiger partial charge in [0.1, 0.15) is 6.04 Å². The van der Waals surface area contributed by atoms with Gasteiger partial charge in [0.2, 0.25) is 0 Å². The number of esters is 1. The van der Waals surface area contributed by atoms with E-state index in [1.165, 1.54) is 4.90 Å². The summed E-state index contributed by atoms with van der Waals surface area (Å²) in [5.41, 5.74) is 1.31. The summed E-state index contributed by atoms with van der Waals surface area (Å²) in [5, 5.41) is 0. The summed E-state index contributed by atoms with van der Waals surface area (Å²) < 4.78 is 5.61. The van der Waals surface area contributed by atoms with Crippen molar-refractivity contribution in [3.63, 3.8) is 0 Å². The fraction of sp³-hybridized carbons (Fsp3) is 0.286. The van der Waals surface area contributed by atoms with Crippen molar-refractivity contribution < 1.29 is 23.6 Å². The number of nitrogens with zero attached hydrogens (tertiary/aromatic N) is 3. The van der Waals surface area contributed by atoms with Gasteiger partial charge in [-0.2, -0.15) is 0 Å². The maximum atomic E-state index is 13.1. The Morgan fingerprint density at radius 2 is 1.54 bits per heavy atom. The molecule has 1 heterocycles. The van der Waals surface area contributed by atoms with E-state index in [2.05, 4.69) is 0 Å². The van der Waals surface area contributed by atoms with Crippen LogP contribution in [0.3, 0.4) is 0 Å². The standard InChI is InChI=1S/C21H24N3O4/c1-24(2,3)14-18(25)28-15-22-20(26)19(16-10-6-4-7-11-16)23(21(22)27)17-12-8-5-9-13-17/h4-13,19H,14-15H2,1-3H3/q+1. The number of urea groups is 1. The van der Waals surface area contributed by atoms with Crippen LogP contribution in [0, 0.1) is 0 Å². The van der Waals surface area contributed by atoms with Crippen molar-refractivity contribution in [2.45, 2.75) is 6.04 Å². The van der Waals surface area contributed by atoms with E-state index < -0.39 is 30.7 Å². The summed E-state index contributed by atoms with van der Waals surface area (Å²) in [5.74, 6) is -0.888. The van der Waals surface area contributed by atoms with Gasteiger partial charge in [0.15, 0.2) is 13.3 Å². The molecule has 2 aromatic carbocycles. The quantitative estimate of drug-likeness (QED) is 0.437. The van der Waals surface area contributed by atoms with Crippen LogP contribution >= 0.6 is 0 Å². The minimum Gasteiger partial charge on any atom is -0.439 e. The molecule has 0 spiro atoms. The maximum Gasteiger partial charge on any atom is 0.363 e. The molecule has 0 aliphatic carbocycles. The first kappa shape index (κ1) is 19.6. The molecule has 0 N–H and O–H groups in total. The van der Waals surface area contributed by atoms with Crippen LogP contribution in [0.1, 0.15) is 11.6 Å². The number of anilines is 1. The second kappa shape index (κ2) is 7.82. The first-order valence-electron chi connectivity index (χ1n) is 8.98. The molecular weight excluding hydrogens is 358 g/mol. The third-order valence-electron chi connectivity index (χ3n) is 4.30. The van der Waals surface area contributed by atoms with Gasteiger partial charge in [0.05, 0.1) is 21.1 Å². The SMILES string of the molecule is C[N+](C)(C)CC(=O)OCN1C(=O)C(c2ccccc2)N(c2ccccc2)C1=O. The second-order valence-corrected chi connectivity index (χ2v) is 7.66. The maximum absolute atomic E-state index is 13.1. The second-order valence-electron chi connectivity index (χ2n) is 7.66. The molecule has 0 radical (unpaired) electrons. The monoisotopic (exact) mass is 382 g/mol. The third kappa shape index (κ3) is 4.20. The van der Waals surface area contributed by atoms with Crippen molar-refractivity contribution in [2.24, 2.45) is 0 Å². The molecule has 3 amide bonds. The van der Waals surface area contributed by atoms with Crippen LogP contribution in [-0.2, 0) is 14.3 Å². The number of quaternary nitrogens is 1. The van der Waals surface area contributed by atoms with Crippen molar-refractivity contribution in [1.29, 1.82) is 0 Å². The molecule has 1 aliphatic rings. The lowest BCUT2D eigenvalue weighted by atomic mass is 10.1. The molecule has 1 atom stereocenters. The van der Waals surface area contributed by atoms with E-state index in [1.807, 2.05) is 45.4 Å². The Kier molecular flexibility index (Phi) is 5.46. The number of carbonyl (C=O) groups is 3. The molecular formula is C21H24N3O4+. The number of hydrogen-bond acceptors (Lipinski definition) is 4. The number of amides is 3. The first-order valence-corrected chi connectivity index (χ1v) is 8.98. The van der Waals surface area contributed by atoms with Crippen molar-refractivity contribution in [3.05, 3.63) is 66.2 Å². The van der Waals surface area contributed by atoms with Crippen LogP contribution in [-0.4, -0.2) is 61.7 Å². The Morgan fingerprint density at radius 3 is 2.11 bits per heavy atom. The highest BCUT2D eigenvalue weighted by Crippen LogP contribution is 2.35. The largest absolute Gasteiger partial charge is 0.439 e. The molecule has 3 rings (SSSR count). The average Bonchev–Trinajstić information content (AvgIpc) is 2.90. The lowest BCUT2D eigenvalue weighted by Crippen LogP contribution is -2.42. The highest BCUT2D eigenvalue weighted by atomic mass is 16.5. The summed E-state index contributed by atoms with van der Waals surface area (Å²) in [6.45, 7) is -0.260. The molecule has 1 fully saturated rings. The van der Waals surface area contributed by atoms with Gasteiger partial charge in [-0.3, -0.25) is 9.69 Å². The number of para-hydroxylation sites is 1. The molecule has 0 bridgehead atoms. The average molecular weight is 382 g/mol. The van der Waals surface area contributed by atoms with E-state index in [-0.39, 0.29) is 6.54 Å². The summed E-state index contributed by atoms with van der Waals surface area (Å²) in [4.78, 5) is 40.6. The Hall–Kier alpha value is -3.19. The summed E-state index contributed by atoms with van der Waals surface area (Å²) in [6, 6.07) is 16.8. The fourth-order valence-corrected chi connectivity index (χ4v) is 3.06. The van der Waals surface area contributed by atoms with Gasteiger partial charge in [-0.05, 0) is 17.7 Å². The van der Waals surface area contributed by atoms with Crippen LogP contribution in [0.2, 0.25) is 0 Å². The molecule has 7 heteroatoms. The number of carbonyl (C=O) groups excluding carboxylic acids is 3. The number of benzene rings is 2. The number of imide groups is 1. The molecule has 1 saturated heterocycles. The summed E-state index contributed by atoms with van der Waals surface area (Å²) in [6.07, 6.45) is 0. The van der Waals surface area contributed by atoms with Crippen LogP contribution in [0.5, 0.6) is 0 Å². The van der Waals surface area contributed by atoms with Crippen molar-refractivity contribution in [1.82, 2.24) is 4.90 Å². The topological polar surface area (TPSA) is 66.9 Å². The van der Waals surface area contributed by atoms with Gasteiger partial charge in [0.25, 0.3) is 5.91 Å². The van der Waals surface area contributed by atoms with Gasteiger partial charge in [-0.15, -0.1) is 0 Å².